The lowest BCUT2D eigenvalue weighted by Gasteiger charge is -2.19. The zero-order chi connectivity index (χ0) is 15.5. The molecule has 23 heavy (non-hydrogen) atoms. The Labute approximate surface area is 145 Å². The molecule has 124 valence electrons. The van der Waals surface area contributed by atoms with Crippen LogP contribution in [-0.2, 0) is 0 Å². The molecule has 0 aliphatic heterocycles. The topological polar surface area (TPSA) is 93.8 Å². The fourth-order valence-corrected chi connectivity index (χ4v) is 3.77. The normalized spacial score (nSPS) is 20.1. The molecule has 0 saturated heterocycles. The Bertz CT molecular complexity index is 663. The molecule has 8 heteroatoms. The SMILES string of the molecule is Cc1nc(-c2ncccn2)sc1C(=O)NC1CCCC1CN.Cl. The summed E-state index contributed by atoms with van der Waals surface area (Å²) >= 11 is 1.33. The molecule has 6 nitrogen and oxygen atoms in total. The molecule has 3 rings (SSSR count). The van der Waals surface area contributed by atoms with Crippen molar-refractivity contribution in [1.29, 1.82) is 0 Å². The van der Waals surface area contributed by atoms with Crippen LogP contribution < -0.4 is 11.1 Å². The fourth-order valence-electron chi connectivity index (χ4n) is 2.86. The molecule has 2 unspecified atom stereocenters. The number of amides is 1. The molecular formula is C15H20ClN5OS. The van der Waals surface area contributed by atoms with Crippen LogP contribution in [-0.4, -0.2) is 33.4 Å². The average molecular weight is 354 g/mol. The van der Waals surface area contributed by atoms with Crippen molar-refractivity contribution in [2.45, 2.75) is 32.2 Å². The number of rotatable bonds is 4. The second kappa shape index (κ2) is 7.81. The molecule has 1 fully saturated rings. The van der Waals surface area contributed by atoms with Crippen LogP contribution in [0.15, 0.2) is 18.5 Å². The number of hydrogen-bond acceptors (Lipinski definition) is 6. The Kier molecular flexibility index (Phi) is 6.04. The molecule has 3 N–H and O–H groups in total. The number of thiazole rings is 1. The van der Waals surface area contributed by atoms with Gasteiger partial charge in [-0.3, -0.25) is 4.79 Å². The lowest BCUT2D eigenvalue weighted by Crippen LogP contribution is -2.39. The first kappa shape index (κ1) is 17.8. The summed E-state index contributed by atoms with van der Waals surface area (Å²) < 4.78 is 0. The third-order valence-corrected chi connectivity index (χ3v) is 5.19. The zero-order valence-electron chi connectivity index (χ0n) is 12.9. The van der Waals surface area contributed by atoms with Crippen LogP contribution in [0.1, 0.15) is 34.6 Å². The highest BCUT2D eigenvalue weighted by atomic mass is 35.5. The highest BCUT2D eigenvalue weighted by Gasteiger charge is 2.29. The predicted molar refractivity (Wildman–Crippen MR) is 92.8 cm³/mol. The number of carbonyl (C=O) groups is 1. The van der Waals surface area contributed by atoms with Crippen LogP contribution >= 0.6 is 23.7 Å². The molecule has 1 amide bonds. The molecule has 1 saturated carbocycles. The van der Waals surface area contributed by atoms with Crippen molar-refractivity contribution in [3.8, 4) is 10.8 Å². The van der Waals surface area contributed by atoms with Gasteiger partial charge in [-0.15, -0.1) is 23.7 Å². The second-order valence-corrected chi connectivity index (χ2v) is 6.51. The summed E-state index contributed by atoms with van der Waals surface area (Å²) in [5.74, 6) is 0.868. The van der Waals surface area contributed by atoms with Gasteiger partial charge in [-0.25, -0.2) is 15.0 Å². The van der Waals surface area contributed by atoms with Gasteiger partial charge in [0.1, 0.15) is 4.88 Å². The van der Waals surface area contributed by atoms with Gasteiger partial charge in [-0.2, -0.15) is 0 Å². The van der Waals surface area contributed by atoms with Crippen molar-refractivity contribution in [2.24, 2.45) is 11.7 Å². The average Bonchev–Trinajstić information content (AvgIpc) is 3.14. The molecule has 2 aromatic heterocycles. The third kappa shape index (κ3) is 3.85. The molecule has 0 spiro atoms. The summed E-state index contributed by atoms with van der Waals surface area (Å²) in [4.78, 5) is 25.9. The smallest absolute Gasteiger partial charge is 0.263 e. The van der Waals surface area contributed by atoms with E-state index < -0.39 is 0 Å². The third-order valence-electron chi connectivity index (χ3n) is 4.04. The largest absolute Gasteiger partial charge is 0.348 e. The molecule has 0 radical (unpaired) electrons. The maximum atomic E-state index is 12.5. The molecule has 1 aliphatic carbocycles. The van der Waals surface area contributed by atoms with Gasteiger partial charge in [0.25, 0.3) is 5.91 Å². The van der Waals surface area contributed by atoms with E-state index in [4.69, 9.17) is 5.73 Å². The fraction of sp³-hybridized carbons (Fsp3) is 0.467. The van der Waals surface area contributed by atoms with E-state index in [0.717, 1.165) is 19.3 Å². The number of nitrogens with two attached hydrogens (primary N) is 1. The van der Waals surface area contributed by atoms with Crippen molar-refractivity contribution in [3.05, 3.63) is 29.0 Å². The summed E-state index contributed by atoms with van der Waals surface area (Å²) in [6.07, 6.45) is 6.55. The molecule has 2 atom stereocenters. The molecule has 2 heterocycles. The van der Waals surface area contributed by atoms with E-state index in [1.807, 2.05) is 6.92 Å². The molecule has 0 bridgehead atoms. The van der Waals surface area contributed by atoms with E-state index in [1.54, 1.807) is 18.5 Å². The first-order chi connectivity index (χ1) is 10.7. The summed E-state index contributed by atoms with van der Waals surface area (Å²) in [5.41, 5.74) is 6.49. The van der Waals surface area contributed by atoms with Crippen molar-refractivity contribution in [2.75, 3.05) is 6.54 Å². The monoisotopic (exact) mass is 353 g/mol. The number of aryl methyl sites for hydroxylation is 1. The van der Waals surface area contributed by atoms with Gasteiger partial charge in [-0.1, -0.05) is 6.42 Å². The Morgan fingerprint density at radius 2 is 2.13 bits per heavy atom. The minimum Gasteiger partial charge on any atom is -0.348 e. The maximum Gasteiger partial charge on any atom is 0.263 e. The molecule has 2 aromatic rings. The van der Waals surface area contributed by atoms with Crippen molar-refractivity contribution < 1.29 is 4.79 Å². The quantitative estimate of drug-likeness (QED) is 0.878. The van der Waals surface area contributed by atoms with Crippen LogP contribution in [0.3, 0.4) is 0 Å². The van der Waals surface area contributed by atoms with Gasteiger partial charge in [0.15, 0.2) is 10.8 Å². The summed E-state index contributed by atoms with van der Waals surface area (Å²) in [6, 6.07) is 1.93. The summed E-state index contributed by atoms with van der Waals surface area (Å²) in [7, 11) is 0. The molecule has 1 aliphatic rings. The van der Waals surface area contributed by atoms with Crippen LogP contribution in [0, 0.1) is 12.8 Å². The lowest BCUT2D eigenvalue weighted by molar-refractivity contribution is 0.0932. The van der Waals surface area contributed by atoms with Gasteiger partial charge in [-0.05, 0) is 38.3 Å². The predicted octanol–water partition coefficient (Wildman–Crippen LogP) is 2.19. The minimum atomic E-state index is -0.0671. The van der Waals surface area contributed by atoms with Crippen molar-refractivity contribution >= 4 is 29.7 Å². The number of aromatic nitrogens is 3. The Morgan fingerprint density at radius 3 is 2.83 bits per heavy atom. The Morgan fingerprint density at radius 1 is 1.39 bits per heavy atom. The number of hydrogen-bond donors (Lipinski definition) is 2. The number of nitrogens with one attached hydrogen (secondary N) is 1. The summed E-state index contributed by atoms with van der Waals surface area (Å²) in [6.45, 7) is 2.46. The van der Waals surface area contributed by atoms with E-state index in [2.05, 4.69) is 20.3 Å². The first-order valence-corrected chi connectivity index (χ1v) is 8.26. The Hall–Kier alpha value is -1.57. The van der Waals surface area contributed by atoms with E-state index in [1.165, 1.54) is 11.3 Å². The number of nitrogens with zero attached hydrogens (tertiary/aromatic N) is 3. The highest BCUT2D eigenvalue weighted by Crippen LogP contribution is 2.28. The van der Waals surface area contributed by atoms with Gasteiger partial charge < -0.3 is 11.1 Å². The van der Waals surface area contributed by atoms with E-state index in [0.29, 0.717) is 33.9 Å². The number of carbonyl (C=O) groups excluding carboxylic acids is 1. The van der Waals surface area contributed by atoms with Crippen LogP contribution in [0.5, 0.6) is 0 Å². The van der Waals surface area contributed by atoms with E-state index >= 15 is 0 Å². The molecule has 0 aromatic carbocycles. The van der Waals surface area contributed by atoms with Crippen molar-refractivity contribution in [3.63, 3.8) is 0 Å². The van der Waals surface area contributed by atoms with Crippen LogP contribution in [0.2, 0.25) is 0 Å². The van der Waals surface area contributed by atoms with Crippen molar-refractivity contribution in [1.82, 2.24) is 20.3 Å². The summed E-state index contributed by atoms with van der Waals surface area (Å²) in [5, 5.41) is 3.78. The van der Waals surface area contributed by atoms with Crippen LogP contribution in [0.25, 0.3) is 10.8 Å². The van der Waals surface area contributed by atoms with E-state index in [9.17, 15) is 4.79 Å². The maximum absolute atomic E-state index is 12.5. The molecular weight excluding hydrogens is 334 g/mol. The highest BCUT2D eigenvalue weighted by molar-refractivity contribution is 7.17. The van der Waals surface area contributed by atoms with Gasteiger partial charge in [0, 0.05) is 18.4 Å². The van der Waals surface area contributed by atoms with Gasteiger partial charge in [0.2, 0.25) is 0 Å². The minimum absolute atomic E-state index is 0. The van der Waals surface area contributed by atoms with Crippen LogP contribution in [0.4, 0.5) is 0 Å². The lowest BCUT2D eigenvalue weighted by atomic mass is 10.0. The Balaban J connectivity index is 0.00000192. The second-order valence-electron chi connectivity index (χ2n) is 5.51. The number of halogens is 1. The van der Waals surface area contributed by atoms with E-state index in [-0.39, 0.29) is 24.4 Å². The van der Waals surface area contributed by atoms with Gasteiger partial charge >= 0.3 is 0 Å². The zero-order valence-corrected chi connectivity index (χ0v) is 14.5. The van der Waals surface area contributed by atoms with Gasteiger partial charge in [0.05, 0.1) is 5.69 Å². The first-order valence-electron chi connectivity index (χ1n) is 7.44. The standard InChI is InChI=1S/C15H19N5OS.ClH/c1-9-12(14(21)20-11-5-2-4-10(11)8-16)22-15(19-9)13-17-6-3-7-18-13;/h3,6-7,10-11H,2,4-5,8,16H2,1H3,(H,20,21);1H.